The normalized spacial score (nSPS) is 12.5. The molecular formula is C7H14NO6P. The van der Waals surface area contributed by atoms with E-state index < -0.39 is 13.7 Å². The zero-order valence-electron chi connectivity index (χ0n) is 8.96. The Labute approximate surface area is 87.8 Å². The minimum Gasteiger partial charge on any atom is -0.409 e. The maximum atomic E-state index is 11.4. The highest BCUT2D eigenvalue weighted by atomic mass is 31.2. The van der Waals surface area contributed by atoms with Gasteiger partial charge in [0.15, 0.2) is 0 Å². The Hall–Kier alpha value is -0.880. The van der Waals surface area contributed by atoms with Crippen molar-refractivity contribution in [2.75, 3.05) is 21.3 Å². The molecule has 0 atom stereocenters. The second kappa shape index (κ2) is 5.87. The summed E-state index contributed by atoms with van der Waals surface area (Å²) < 4.78 is 25.2. The van der Waals surface area contributed by atoms with E-state index in [1.807, 2.05) is 0 Å². The fourth-order valence-electron chi connectivity index (χ4n) is 0.619. The summed E-state index contributed by atoms with van der Waals surface area (Å²) in [5, 5.41) is 9.09. The van der Waals surface area contributed by atoms with Gasteiger partial charge in [0.25, 0.3) is 5.91 Å². The van der Waals surface area contributed by atoms with Crippen molar-refractivity contribution in [3.63, 3.8) is 0 Å². The number of hydrogen-bond donors (Lipinski definition) is 1. The van der Waals surface area contributed by atoms with Crippen LogP contribution in [-0.2, 0) is 22.9 Å². The van der Waals surface area contributed by atoms with E-state index >= 15 is 0 Å². The highest BCUT2D eigenvalue weighted by Gasteiger charge is 2.24. The lowest BCUT2D eigenvalue weighted by Crippen LogP contribution is -2.20. The maximum Gasteiger partial charge on any atom is 0.529 e. The lowest BCUT2D eigenvalue weighted by Gasteiger charge is -2.14. The highest BCUT2D eigenvalue weighted by molar-refractivity contribution is 7.48. The van der Waals surface area contributed by atoms with Crippen molar-refractivity contribution in [3.05, 3.63) is 11.8 Å². The van der Waals surface area contributed by atoms with Crippen LogP contribution in [0.5, 0.6) is 0 Å². The number of allylic oxidation sites excluding steroid dienone is 1. The van der Waals surface area contributed by atoms with E-state index in [-0.39, 0.29) is 5.76 Å². The summed E-state index contributed by atoms with van der Waals surface area (Å²) in [6.45, 7) is 1.38. The molecule has 0 spiro atoms. The van der Waals surface area contributed by atoms with Gasteiger partial charge in [-0.1, -0.05) is 0 Å². The van der Waals surface area contributed by atoms with Crippen LogP contribution in [0.25, 0.3) is 0 Å². The molecule has 0 heterocycles. The first kappa shape index (κ1) is 14.1. The first-order valence-electron chi connectivity index (χ1n) is 3.90. The number of hydrogen-bond acceptors (Lipinski definition) is 6. The molecule has 1 amide bonds. The topological polar surface area (TPSA) is 85.3 Å². The number of amides is 1. The summed E-state index contributed by atoms with van der Waals surface area (Å²) in [5.41, 5.74) is 0. The SMILES string of the molecule is COP(=O)(OC)O/C(C)=C\C(=O)N(C)O. The van der Waals surface area contributed by atoms with Gasteiger partial charge in [0, 0.05) is 27.3 Å². The fraction of sp³-hybridized carbons (Fsp3) is 0.571. The molecule has 0 bridgehead atoms. The zero-order valence-corrected chi connectivity index (χ0v) is 9.85. The second-order valence-corrected chi connectivity index (χ2v) is 4.33. The Balaban J connectivity index is 4.55. The lowest BCUT2D eigenvalue weighted by molar-refractivity contribution is -0.153. The van der Waals surface area contributed by atoms with Gasteiger partial charge in [-0.05, 0) is 6.92 Å². The van der Waals surface area contributed by atoms with Gasteiger partial charge in [-0.15, -0.1) is 0 Å². The maximum absolute atomic E-state index is 11.4. The molecule has 0 aromatic rings. The minimum absolute atomic E-state index is 0.00735. The molecule has 0 aliphatic rings. The molecule has 15 heavy (non-hydrogen) atoms. The van der Waals surface area contributed by atoms with Crippen LogP contribution in [0.2, 0.25) is 0 Å². The quantitative estimate of drug-likeness (QED) is 0.255. The smallest absolute Gasteiger partial charge is 0.409 e. The van der Waals surface area contributed by atoms with Crippen LogP contribution in [0.1, 0.15) is 6.92 Å². The van der Waals surface area contributed by atoms with Gasteiger partial charge in [0.1, 0.15) is 5.76 Å². The number of nitrogens with zero attached hydrogens (tertiary/aromatic N) is 1. The molecule has 1 N–H and O–H groups in total. The number of phosphoric ester groups is 1. The van der Waals surface area contributed by atoms with E-state index in [0.717, 1.165) is 27.3 Å². The van der Waals surface area contributed by atoms with E-state index in [9.17, 15) is 9.36 Å². The summed E-state index contributed by atoms with van der Waals surface area (Å²) in [7, 11) is -0.193. The summed E-state index contributed by atoms with van der Waals surface area (Å²) in [5.74, 6) is -0.709. The molecule has 0 aromatic heterocycles. The predicted molar refractivity (Wildman–Crippen MR) is 51.0 cm³/mol. The highest BCUT2D eigenvalue weighted by Crippen LogP contribution is 2.49. The molecule has 0 radical (unpaired) electrons. The Morgan fingerprint density at radius 2 is 1.87 bits per heavy atom. The van der Waals surface area contributed by atoms with Crippen LogP contribution < -0.4 is 0 Å². The van der Waals surface area contributed by atoms with Crippen molar-refractivity contribution in [1.82, 2.24) is 5.06 Å². The third-order valence-corrected chi connectivity index (χ3v) is 2.75. The Morgan fingerprint density at radius 3 is 2.20 bits per heavy atom. The minimum atomic E-state index is -3.64. The third kappa shape index (κ3) is 4.94. The summed E-state index contributed by atoms with van der Waals surface area (Å²) in [6.07, 6.45) is 0.949. The second-order valence-electron chi connectivity index (χ2n) is 2.52. The van der Waals surface area contributed by atoms with Crippen molar-refractivity contribution >= 4 is 13.7 Å². The number of hydroxylamine groups is 2. The van der Waals surface area contributed by atoms with E-state index in [4.69, 9.17) is 9.73 Å². The Bertz CT molecular complexity index is 292. The molecule has 88 valence electrons. The molecule has 8 heteroatoms. The van der Waals surface area contributed by atoms with Gasteiger partial charge in [-0.25, -0.2) is 9.63 Å². The molecule has 0 aromatic carbocycles. The monoisotopic (exact) mass is 239 g/mol. The van der Waals surface area contributed by atoms with E-state index in [1.165, 1.54) is 6.92 Å². The molecule has 0 saturated heterocycles. The van der Waals surface area contributed by atoms with Crippen molar-refractivity contribution in [1.29, 1.82) is 0 Å². The number of likely N-dealkylation sites (N-methyl/N-ethyl adjacent to an activating group) is 1. The van der Waals surface area contributed by atoms with Crippen LogP contribution in [-0.4, -0.2) is 37.4 Å². The van der Waals surface area contributed by atoms with Gasteiger partial charge < -0.3 is 4.52 Å². The fourth-order valence-corrected chi connectivity index (χ4v) is 1.32. The predicted octanol–water partition coefficient (Wildman–Crippen LogP) is 1.16. The van der Waals surface area contributed by atoms with Crippen molar-refractivity contribution in [2.24, 2.45) is 0 Å². The van der Waals surface area contributed by atoms with Crippen LogP contribution >= 0.6 is 7.82 Å². The first-order valence-corrected chi connectivity index (χ1v) is 5.36. The van der Waals surface area contributed by atoms with Gasteiger partial charge in [0.2, 0.25) is 0 Å². The van der Waals surface area contributed by atoms with Gasteiger partial charge in [-0.3, -0.25) is 19.0 Å². The average Bonchev–Trinajstić information content (AvgIpc) is 2.17. The van der Waals surface area contributed by atoms with E-state index in [0.29, 0.717) is 5.06 Å². The van der Waals surface area contributed by atoms with Gasteiger partial charge in [0.05, 0.1) is 0 Å². The molecule has 0 aliphatic carbocycles. The van der Waals surface area contributed by atoms with E-state index in [2.05, 4.69) is 9.05 Å². The van der Waals surface area contributed by atoms with Crippen molar-refractivity contribution in [2.45, 2.75) is 6.92 Å². The standard InChI is InChI=1S/C7H14NO6P/c1-6(5-7(9)8(2)10)14-15(11,12-3)13-4/h5,10H,1-4H3/b6-5-. The number of carbonyl (C=O) groups is 1. The van der Waals surface area contributed by atoms with Crippen LogP contribution in [0.3, 0.4) is 0 Å². The van der Waals surface area contributed by atoms with Gasteiger partial charge in [-0.2, -0.15) is 0 Å². The Kier molecular flexibility index (Phi) is 5.53. The number of carbonyl (C=O) groups excluding carboxylic acids is 1. The molecule has 0 rings (SSSR count). The van der Waals surface area contributed by atoms with E-state index in [1.54, 1.807) is 0 Å². The van der Waals surface area contributed by atoms with Crippen molar-refractivity contribution < 1.29 is 28.1 Å². The van der Waals surface area contributed by atoms with Crippen LogP contribution in [0, 0.1) is 0 Å². The average molecular weight is 239 g/mol. The van der Waals surface area contributed by atoms with Crippen LogP contribution in [0.15, 0.2) is 11.8 Å². The largest absolute Gasteiger partial charge is 0.529 e. The number of rotatable bonds is 5. The molecule has 0 fully saturated rings. The molecule has 0 aliphatic heterocycles. The third-order valence-electron chi connectivity index (χ3n) is 1.35. The van der Waals surface area contributed by atoms with Crippen molar-refractivity contribution in [3.8, 4) is 0 Å². The molecule has 0 unspecified atom stereocenters. The zero-order chi connectivity index (χ0) is 12.1. The van der Waals surface area contributed by atoms with Crippen LogP contribution in [0.4, 0.5) is 0 Å². The summed E-state index contributed by atoms with van der Waals surface area (Å²) >= 11 is 0. The summed E-state index contributed by atoms with van der Waals surface area (Å²) in [4.78, 5) is 11.0. The molecule has 7 nitrogen and oxygen atoms in total. The lowest BCUT2D eigenvalue weighted by atomic mass is 10.4. The van der Waals surface area contributed by atoms with Gasteiger partial charge >= 0.3 is 7.82 Å². The summed E-state index contributed by atoms with van der Waals surface area (Å²) in [6, 6.07) is 0. The first-order chi connectivity index (χ1) is 6.84. The Morgan fingerprint density at radius 1 is 1.40 bits per heavy atom. The molecular weight excluding hydrogens is 225 g/mol. The molecule has 0 saturated carbocycles. The number of phosphoric acid groups is 1.